The summed E-state index contributed by atoms with van der Waals surface area (Å²) in [5.74, 6) is 0. The van der Waals surface area contributed by atoms with Crippen LogP contribution in [-0.4, -0.2) is 13.0 Å². The maximum absolute atomic E-state index is 11.8. The fourth-order valence-corrected chi connectivity index (χ4v) is 4.57. The number of fused-ring (bicyclic) bond motifs is 1. The summed E-state index contributed by atoms with van der Waals surface area (Å²) in [4.78, 5) is 0.0201. The smallest absolute Gasteiger partial charge is 0.282 e. The zero-order valence-electron chi connectivity index (χ0n) is 17.5. The molecule has 0 aliphatic rings. The van der Waals surface area contributed by atoms with E-state index in [1.54, 1.807) is 6.07 Å². The number of hydrogen-bond donors (Lipinski definition) is 1. The average Bonchev–Trinajstić information content (AvgIpc) is 2.66. The Morgan fingerprint density at radius 1 is 0.714 bits per heavy atom. The van der Waals surface area contributed by atoms with E-state index >= 15 is 0 Å². The minimum absolute atomic E-state index is 0.0201. The van der Waals surface area contributed by atoms with Gasteiger partial charge in [-0.2, -0.15) is 8.42 Å². The molecule has 2 aromatic rings. The lowest BCUT2D eigenvalue weighted by atomic mass is 9.96. The zero-order valence-corrected chi connectivity index (χ0v) is 18.4. The van der Waals surface area contributed by atoms with Gasteiger partial charge in [0.1, 0.15) is 4.90 Å². The molecule has 0 spiro atoms. The number of rotatable bonds is 13. The second kappa shape index (κ2) is 11.6. The molecule has 3 nitrogen and oxygen atoms in total. The second-order valence-electron chi connectivity index (χ2n) is 7.91. The number of aryl methyl sites for hydroxylation is 2. The minimum Gasteiger partial charge on any atom is -0.282 e. The van der Waals surface area contributed by atoms with Crippen LogP contribution in [-0.2, 0) is 23.0 Å². The van der Waals surface area contributed by atoms with Gasteiger partial charge in [0.15, 0.2) is 0 Å². The molecule has 0 bridgehead atoms. The Hall–Kier alpha value is -1.39. The van der Waals surface area contributed by atoms with Crippen molar-refractivity contribution in [1.82, 2.24) is 0 Å². The molecule has 2 rings (SSSR count). The van der Waals surface area contributed by atoms with Crippen LogP contribution in [0.1, 0.15) is 89.2 Å². The van der Waals surface area contributed by atoms with E-state index in [1.165, 1.54) is 62.5 Å². The van der Waals surface area contributed by atoms with Crippen molar-refractivity contribution >= 4 is 20.9 Å². The van der Waals surface area contributed by atoms with Gasteiger partial charge < -0.3 is 0 Å². The number of hydrogen-bond acceptors (Lipinski definition) is 2. The first-order chi connectivity index (χ1) is 13.5. The molecule has 156 valence electrons. The molecule has 0 heterocycles. The molecule has 0 unspecified atom stereocenters. The van der Waals surface area contributed by atoms with Crippen molar-refractivity contribution in [3.63, 3.8) is 0 Å². The molecule has 0 fully saturated rings. The summed E-state index contributed by atoms with van der Waals surface area (Å²) in [6.45, 7) is 4.44. The molecule has 28 heavy (non-hydrogen) atoms. The third-order valence-corrected chi connectivity index (χ3v) is 6.44. The maximum Gasteiger partial charge on any atom is 0.295 e. The summed E-state index contributed by atoms with van der Waals surface area (Å²) in [5, 5.41) is 1.62. The highest BCUT2D eigenvalue weighted by Gasteiger charge is 2.16. The van der Waals surface area contributed by atoms with Crippen molar-refractivity contribution in [3.05, 3.63) is 41.5 Å². The van der Waals surface area contributed by atoms with Crippen LogP contribution in [0, 0.1) is 0 Å². The van der Waals surface area contributed by atoms with E-state index in [4.69, 9.17) is 0 Å². The van der Waals surface area contributed by atoms with Gasteiger partial charge in [0.05, 0.1) is 0 Å². The van der Waals surface area contributed by atoms with Crippen molar-refractivity contribution in [2.24, 2.45) is 0 Å². The normalized spacial score (nSPS) is 12.0. The van der Waals surface area contributed by atoms with Gasteiger partial charge in [-0.1, -0.05) is 89.5 Å². The number of benzene rings is 2. The standard InChI is InChI=1S/C24H36O3S/c1-3-5-7-9-11-13-20-15-17-22-23(19-20)21(14-12-10-8-6-4-2)16-18-24(22)28(25,26)27/h15-19H,3-14H2,1-2H3,(H,25,26,27). The van der Waals surface area contributed by atoms with Gasteiger partial charge in [-0.05, 0) is 48.3 Å². The molecule has 4 heteroatoms. The summed E-state index contributed by atoms with van der Waals surface area (Å²) in [6.07, 6.45) is 14.2. The maximum atomic E-state index is 11.8. The second-order valence-corrected chi connectivity index (χ2v) is 9.30. The predicted molar refractivity (Wildman–Crippen MR) is 119 cm³/mol. The van der Waals surface area contributed by atoms with Crippen LogP contribution in [0.25, 0.3) is 10.8 Å². The van der Waals surface area contributed by atoms with Gasteiger partial charge in [-0.3, -0.25) is 4.55 Å². The van der Waals surface area contributed by atoms with E-state index < -0.39 is 10.1 Å². The van der Waals surface area contributed by atoms with Gasteiger partial charge in [-0.15, -0.1) is 0 Å². The monoisotopic (exact) mass is 404 g/mol. The summed E-state index contributed by atoms with van der Waals surface area (Å²) < 4.78 is 33.2. The molecular formula is C24H36O3S. The summed E-state index contributed by atoms with van der Waals surface area (Å²) >= 11 is 0. The highest BCUT2D eigenvalue weighted by atomic mass is 32.2. The summed E-state index contributed by atoms with van der Waals surface area (Å²) in [6, 6.07) is 9.48. The Balaban J connectivity index is 2.22. The van der Waals surface area contributed by atoms with Crippen LogP contribution in [0.3, 0.4) is 0 Å². The van der Waals surface area contributed by atoms with Crippen molar-refractivity contribution < 1.29 is 13.0 Å². The van der Waals surface area contributed by atoms with Crippen molar-refractivity contribution in [1.29, 1.82) is 0 Å². The van der Waals surface area contributed by atoms with Gasteiger partial charge in [0.2, 0.25) is 0 Å². The molecule has 0 aromatic heterocycles. The van der Waals surface area contributed by atoms with Crippen LogP contribution >= 0.6 is 0 Å². The fourth-order valence-electron chi connectivity index (χ4n) is 3.88. The highest BCUT2D eigenvalue weighted by molar-refractivity contribution is 7.86. The quantitative estimate of drug-likeness (QED) is 0.286. The molecular weight excluding hydrogens is 368 g/mol. The Kier molecular flexibility index (Phi) is 9.46. The Bertz CT molecular complexity index is 840. The molecule has 0 amide bonds. The van der Waals surface area contributed by atoms with Gasteiger partial charge in [-0.25, -0.2) is 0 Å². The van der Waals surface area contributed by atoms with Crippen LogP contribution < -0.4 is 0 Å². The van der Waals surface area contributed by atoms with E-state index in [0.717, 1.165) is 31.1 Å². The van der Waals surface area contributed by atoms with Crippen molar-refractivity contribution in [2.75, 3.05) is 0 Å². The summed E-state index contributed by atoms with van der Waals surface area (Å²) in [5.41, 5.74) is 2.44. The third kappa shape index (κ3) is 6.89. The summed E-state index contributed by atoms with van der Waals surface area (Å²) in [7, 11) is -4.22. The molecule has 0 saturated heterocycles. The van der Waals surface area contributed by atoms with E-state index in [0.29, 0.717) is 5.39 Å². The Labute approximate surface area is 171 Å². The van der Waals surface area contributed by atoms with E-state index in [1.807, 2.05) is 18.2 Å². The molecule has 1 N–H and O–H groups in total. The zero-order chi connectivity index (χ0) is 20.4. The molecule has 2 aromatic carbocycles. The first kappa shape index (κ1) is 22.9. The Morgan fingerprint density at radius 3 is 1.93 bits per heavy atom. The van der Waals surface area contributed by atoms with Crippen molar-refractivity contribution in [2.45, 2.75) is 95.8 Å². The minimum atomic E-state index is -4.22. The lowest BCUT2D eigenvalue weighted by molar-refractivity contribution is 0.484. The SMILES string of the molecule is CCCCCCCc1ccc2c(S(=O)(=O)O)ccc(CCCCCCC)c2c1. The average molecular weight is 405 g/mol. The molecule has 0 saturated carbocycles. The molecule has 0 aliphatic heterocycles. The van der Waals surface area contributed by atoms with E-state index in [2.05, 4.69) is 19.9 Å². The van der Waals surface area contributed by atoms with Crippen LogP contribution in [0.5, 0.6) is 0 Å². The predicted octanol–water partition coefficient (Wildman–Crippen LogP) is 7.11. The third-order valence-electron chi connectivity index (χ3n) is 5.53. The van der Waals surface area contributed by atoms with E-state index in [-0.39, 0.29) is 4.90 Å². The first-order valence-corrected chi connectivity index (χ1v) is 12.4. The van der Waals surface area contributed by atoms with Gasteiger partial charge in [0.25, 0.3) is 10.1 Å². The number of unbranched alkanes of at least 4 members (excludes halogenated alkanes) is 8. The van der Waals surface area contributed by atoms with Gasteiger partial charge in [0, 0.05) is 5.39 Å². The lowest BCUT2D eigenvalue weighted by Gasteiger charge is -2.12. The molecule has 0 aliphatic carbocycles. The highest BCUT2D eigenvalue weighted by Crippen LogP contribution is 2.29. The Morgan fingerprint density at radius 2 is 1.32 bits per heavy atom. The van der Waals surface area contributed by atoms with Gasteiger partial charge >= 0.3 is 0 Å². The van der Waals surface area contributed by atoms with Crippen LogP contribution in [0.15, 0.2) is 35.2 Å². The van der Waals surface area contributed by atoms with Crippen molar-refractivity contribution in [3.8, 4) is 0 Å². The fraction of sp³-hybridized carbons (Fsp3) is 0.583. The molecule has 0 radical (unpaired) electrons. The lowest BCUT2D eigenvalue weighted by Crippen LogP contribution is -2.01. The van der Waals surface area contributed by atoms with Crippen LogP contribution in [0.4, 0.5) is 0 Å². The van der Waals surface area contributed by atoms with Crippen LogP contribution in [0.2, 0.25) is 0 Å². The topological polar surface area (TPSA) is 54.4 Å². The first-order valence-electron chi connectivity index (χ1n) is 11.0. The van der Waals surface area contributed by atoms with E-state index in [9.17, 15) is 13.0 Å². The molecule has 0 atom stereocenters. The largest absolute Gasteiger partial charge is 0.295 e.